The summed E-state index contributed by atoms with van der Waals surface area (Å²) in [4.78, 5) is 14.5. The molecule has 0 aromatic heterocycles. The van der Waals surface area contributed by atoms with Gasteiger partial charge in [-0.2, -0.15) is 0 Å². The van der Waals surface area contributed by atoms with Gasteiger partial charge in [0.1, 0.15) is 6.04 Å². The van der Waals surface area contributed by atoms with Gasteiger partial charge in [0, 0.05) is 6.04 Å². The van der Waals surface area contributed by atoms with Crippen LogP contribution >= 0.6 is 0 Å². The molecule has 1 aromatic carbocycles. The molecule has 0 bridgehead atoms. The van der Waals surface area contributed by atoms with Crippen LogP contribution in [0.25, 0.3) is 0 Å². The summed E-state index contributed by atoms with van der Waals surface area (Å²) in [5, 5.41) is 3.36. The van der Waals surface area contributed by atoms with Crippen LogP contribution in [-0.4, -0.2) is 36.5 Å². The van der Waals surface area contributed by atoms with Crippen LogP contribution in [0.3, 0.4) is 0 Å². The Morgan fingerprint density at radius 3 is 2.60 bits per heavy atom. The molecule has 1 heterocycles. The molecule has 1 fully saturated rings. The summed E-state index contributed by atoms with van der Waals surface area (Å²) in [7, 11) is 0. The Kier molecular flexibility index (Phi) is 5.52. The molecule has 1 aliphatic heterocycles. The fourth-order valence-corrected chi connectivity index (χ4v) is 3.00. The number of nitrogens with one attached hydrogen (secondary N) is 2. The van der Waals surface area contributed by atoms with Gasteiger partial charge < -0.3 is 5.32 Å². The lowest BCUT2D eigenvalue weighted by atomic mass is 9.98. The minimum atomic E-state index is -0.311. The molecular formula is C15H24N4O. The predicted molar refractivity (Wildman–Crippen MR) is 79.8 cm³/mol. The molecule has 1 aromatic rings. The molecule has 5 heteroatoms. The summed E-state index contributed by atoms with van der Waals surface area (Å²) in [5.74, 6) is 5.25. The number of likely N-dealkylation sites (N-methyl/N-ethyl adjacent to an activating group) is 1. The van der Waals surface area contributed by atoms with Crippen molar-refractivity contribution in [3.8, 4) is 0 Å². The average molecular weight is 276 g/mol. The second-order valence-corrected chi connectivity index (χ2v) is 5.13. The highest BCUT2D eigenvalue weighted by molar-refractivity contribution is 5.82. The zero-order chi connectivity index (χ0) is 14.4. The maximum Gasteiger partial charge on any atom is 0.255 e. The molecule has 0 saturated carbocycles. The Morgan fingerprint density at radius 1 is 1.40 bits per heavy atom. The largest absolute Gasteiger partial charge is 0.317 e. The smallest absolute Gasteiger partial charge is 0.255 e. The van der Waals surface area contributed by atoms with Crippen molar-refractivity contribution in [2.24, 2.45) is 5.84 Å². The van der Waals surface area contributed by atoms with Crippen molar-refractivity contribution in [1.82, 2.24) is 15.6 Å². The van der Waals surface area contributed by atoms with Gasteiger partial charge >= 0.3 is 0 Å². The number of benzene rings is 1. The highest BCUT2D eigenvalue weighted by Gasteiger charge is 2.31. The van der Waals surface area contributed by atoms with E-state index in [4.69, 9.17) is 5.84 Å². The number of rotatable bonds is 5. The summed E-state index contributed by atoms with van der Waals surface area (Å²) >= 11 is 0. The van der Waals surface area contributed by atoms with E-state index in [9.17, 15) is 4.79 Å². The number of amides is 1. The van der Waals surface area contributed by atoms with E-state index in [-0.39, 0.29) is 11.9 Å². The summed E-state index contributed by atoms with van der Waals surface area (Å²) < 4.78 is 0. The van der Waals surface area contributed by atoms with Crippen LogP contribution in [0, 0.1) is 0 Å². The third-order valence-corrected chi connectivity index (χ3v) is 3.98. The number of hydrogen-bond acceptors (Lipinski definition) is 4. The van der Waals surface area contributed by atoms with Gasteiger partial charge in [0.2, 0.25) is 0 Å². The van der Waals surface area contributed by atoms with Crippen molar-refractivity contribution >= 4 is 5.91 Å². The van der Waals surface area contributed by atoms with Crippen LogP contribution in [0.15, 0.2) is 30.3 Å². The molecule has 4 N–H and O–H groups in total. The normalized spacial score (nSPS) is 17.9. The number of carbonyl (C=O) groups is 1. The van der Waals surface area contributed by atoms with Crippen molar-refractivity contribution in [3.63, 3.8) is 0 Å². The van der Waals surface area contributed by atoms with E-state index in [1.54, 1.807) is 0 Å². The van der Waals surface area contributed by atoms with Crippen molar-refractivity contribution in [2.45, 2.75) is 31.8 Å². The fourth-order valence-electron chi connectivity index (χ4n) is 3.00. The third kappa shape index (κ3) is 3.36. The molecule has 1 saturated heterocycles. The van der Waals surface area contributed by atoms with E-state index >= 15 is 0 Å². The molecule has 20 heavy (non-hydrogen) atoms. The number of hydrogen-bond donors (Lipinski definition) is 3. The monoisotopic (exact) mass is 276 g/mol. The zero-order valence-electron chi connectivity index (χ0n) is 12.0. The highest BCUT2D eigenvalue weighted by Crippen LogP contribution is 2.26. The van der Waals surface area contributed by atoms with Crippen LogP contribution in [0.5, 0.6) is 0 Å². The number of piperidine rings is 1. The van der Waals surface area contributed by atoms with E-state index in [0.29, 0.717) is 6.04 Å². The minimum absolute atomic E-state index is 0.142. The summed E-state index contributed by atoms with van der Waals surface area (Å²) in [6.07, 6.45) is 2.13. The molecule has 1 unspecified atom stereocenters. The topological polar surface area (TPSA) is 70.4 Å². The first kappa shape index (κ1) is 15.0. The Bertz CT molecular complexity index is 417. The second-order valence-electron chi connectivity index (χ2n) is 5.13. The molecule has 2 rings (SSSR count). The number of nitrogens with zero attached hydrogens (tertiary/aromatic N) is 1. The molecule has 0 spiro atoms. The van der Waals surface area contributed by atoms with Gasteiger partial charge in [-0.3, -0.25) is 15.1 Å². The number of carbonyl (C=O) groups excluding carboxylic acids is 1. The lowest BCUT2D eigenvalue weighted by Crippen LogP contribution is -2.50. The van der Waals surface area contributed by atoms with Crippen molar-refractivity contribution in [3.05, 3.63) is 35.9 Å². The molecule has 1 amide bonds. The average Bonchev–Trinajstić information content (AvgIpc) is 2.53. The maximum atomic E-state index is 12.3. The lowest BCUT2D eigenvalue weighted by Gasteiger charge is -2.38. The van der Waals surface area contributed by atoms with Crippen LogP contribution in [0.1, 0.15) is 31.4 Å². The van der Waals surface area contributed by atoms with E-state index in [0.717, 1.165) is 38.0 Å². The fraction of sp³-hybridized carbons (Fsp3) is 0.533. The number of hydrazine groups is 1. The Morgan fingerprint density at radius 2 is 2.05 bits per heavy atom. The Hall–Kier alpha value is -1.43. The first-order valence-electron chi connectivity index (χ1n) is 7.29. The van der Waals surface area contributed by atoms with E-state index in [2.05, 4.69) is 22.6 Å². The van der Waals surface area contributed by atoms with Crippen LogP contribution < -0.4 is 16.6 Å². The number of nitrogens with two attached hydrogens (primary N) is 1. The van der Waals surface area contributed by atoms with Gasteiger partial charge in [-0.05, 0) is 38.0 Å². The van der Waals surface area contributed by atoms with Crippen molar-refractivity contribution in [1.29, 1.82) is 0 Å². The van der Waals surface area contributed by atoms with Gasteiger partial charge in [0.05, 0.1) is 0 Å². The first-order valence-corrected chi connectivity index (χ1v) is 7.29. The van der Waals surface area contributed by atoms with Crippen LogP contribution in [-0.2, 0) is 4.79 Å². The van der Waals surface area contributed by atoms with E-state index < -0.39 is 0 Å². The molecule has 5 nitrogen and oxygen atoms in total. The molecule has 1 aliphatic rings. The quantitative estimate of drug-likeness (QED) is 0.422. The van der Waals surface area contributed by atoms with E-state index in [1.807, 2.05) is 30.3 Å². The molecule has 0 aliphatic carbocycles. The van der Waals surface area contributed by atoms with Gasteiger partial charge in [0.25, 0.3) is 5.91 Å². The maximum absolute atomic E-state index is 12.3. The summed E-state index contributed by atoms with van der Waals surface area (Å²) in [6, 6.07) is 9.97. The van der Waals surface area contributed by atoms with E-state index in [1.165, 1.54) is 0 Å². The zero-order valence-corrected chi connectivity index (χ0v) is 12.0. The van der Waals surface area contributed by atoms with Crippen molar-refractivity contribution < 1.29 is 4.79 Å². The molecular weight excluding hydrogens is 252 g/mol. The lowest BCUT2D eigenvalue weighted by molar-refractivity contribution is -0.128. The standard InChI is InChI=1S/C15H24N4O/c1-2-19(13-8-10-17-11-9-13)14(15(20)18-16)12-6-4-3-5-7-12/h3-7,13-14,17H,2,8-11,16H2,1H3,(H,18,20). The van der Waals surface area contributed by atoms with Crippen molar-refractivity contribution in [2.75, 3.05) is 19.6 Å². The van der Waals surface area contributed by atoms with Crippen LogP contribution in [0.2, 0.25) is 0 Å². The van der Waals surface area contributed by atoms with Gasteiger partial charge in [0.15, 0.2) is 0 Å². The predicted octanol–water partition coefficient (Wildman–Crippen LogP) is 0.792. The summed E-state index contributed by atoms with van der Waals surface area (Å²) in [6.45, 7) is 4.94. The molecule has 0 radical (unpaired) electrons. The van der Waals surface area contributed by atoms with Gasteiger partial charge in [-0.25, -0.2) is 5.84 Å². The third-order valence-electron chi connectivity index (χ3n) is 3.98. The SMILES string of the molecule is CCN(C1CCNCC1)C(C(=O)NN)c1ccccc1. The second kappa shape index (κ2) is 7.38. The van der Waals surface area contributed by atoms with Gasteiger partial charge in [-0.1, -0.05) is 37.3 Å². The van der Waals surface area contributed by atoms with Crippen LogP contribution in [0.4, 0.5) is 0 Å². The highest BCUT2D eigenvalue weighted by atomic mass is 16.2. The summed E-state index contributed by atoms with van der Waals surface area (Å²) in [5.41, 5.74) is 3.32. The molecule has 110 valence electrons. The van der Waals surface area contributed by atoms with Gasteiger partial charge in [-0.15, -0.1) is 0 Å². The first-order chi connectivity index (χ1) is 9.77. The molecule has 1 atom stereocenters. The minimum Gasteiger partial charge on any atom is -0.317 e. The Balaban J connectivity index is 2.26. The Labute approximate surface area is 120 Å².